The summed E-state index contributed by atoms with van der Waals surface area (Å²) < 4.78 is 5.32. The highest BCUT2D eigenvalue weighted by Crippen LogP contribution is 2.22. The molecule has 0 radical (unpaired) electrons. The Balaban J connectivity index is 1.85. The maximum absolute atomic E-state index is 12.1. The summed E-state index contributed by atoms with van der Waals surface area (Å²) in [7, 11) is 5.72. The Morgan fingerprint density at radius 3 is 2.70 bits per heavy atom. The molecule has 23 heavy (non-hydrogen) atoms. The van der Waals surface area contributed by atoms with Gasteiger partial charge in [-0.05, 0) is 43.6 Å². The second-order valence-corrected chi connectivity index (χ2v) is 6.59. The molecular formula is C18H24N2O2S. The van der Waals surface area contributed by atoms with E-state index in [1.165, 1.54) is 4.88 Å². The van der Waals surface area contributed by atoms with Crippen LogP contribution in [0.5, 0.6) is 5.75 Å². The molecule has 1 atom stereocenters. The number of likely N-dealkylation sites (N-methyl/N-ethyl adjacent to an activating group) is 1. The molecule has 0 aliphatic rings. The average Bonchev–Trinajstić information content (AvgIpc) is 3.07. The van der Waals surface area contributed by atoms with E-state index < -0.39 is 0 Å². The number of hydrogen-bond donors (Lipinski definition) is 1. The average molecular weight is 332 g/mol. The summed E-state index contributed by atoms with van der Waals surface area (Å²) in [5, 5.41) is 5.11. The van der Waals surface area contributed by atoms with E-state index in [1.807, 2.05) is 44.4 Å². The van der Waals surface area contributed by atoms with Gasteiger partial charge in [0.2, 0.25) is 5.91 Å². The van der Waals surface area contributed by atoms with E-state index in [4.69, 9.17) is 4.74 Å². The van der Waals surface area contributed by atoms with Crippen LogP contribution in [0.3, 0.4) is 0 Å². The van der Waals surface area contributed by atoms with Crippen molar-refractivity contribution in [2.75, 3.05) is 27.7 Å². The fourth-order valence-electron chi connectivity index (χ4n) is 2.48. The second kappa shape index (κ2) is 8.70. The number of nitrogens with zero attached hydrogens (tertiary/aromatic N) is 1. The van der Waals surface area contributed by atoms with Crippen molar-refractivity contribution in [2.45, 2.75) is 18.9 Å². The molecule has 124 valence electrons. The fraction of sp³-hybridized carbons (Fsp3) is 0.389. The fourth-order valence-corrected chi connectivity index (χ4v) is 3.40. The van der Waals surface area contributed by atoms with Crippen LogP contribution in [-0.4, -0.2) is 38.6 Å². The predicted octanol–water partition coefficient (Wildman–Crippen LogP) is 3.11. The van der Waals surface area contributed by atoms with Gasteiger partial charge in [0.25, 0.3) is 0 Å². The zero-order valence-corrected chi connectivity index (χ0v) is 14.7. The highest BCUT2D eigenvalue weighted by molar-refractivity contribution is 7.10. The van der Waals surface area contributed by atoms with Crippen LogP contribution in [-0.2, 0) is 11.2 Å². The third kappa shape index (κ3) is 5.08. The highest BCUT2D eigenvalue weighted by atomic mass is 32.1. The van der Waals surface area contributed by atoms with Gasteiger partial charge >= 0.3 is 0 Å². The predicted molar refractivity (Wildman–Crippen MR) is 95.1 cm³/mol. The number of hydrogen-bond acceptors (Lipinski definition) is 4. The largest absolute Gasteiger partial charge is 0.496 e. The smallest absolute Gasteiger partial charge is 0.220 e. The molecule has 1 unspecified atom stereocenters. The standard InChI is InChI=1S/C18H24N2O2S/c1-20(2)15(17-9-6-12-23-17)13-19-18(21)11-10-14-7-4-5-8-16(14)22-3/h4-9,12,15H,10-11,13H2,1-3H3,(H,19,21). The number of carbonyl (C=O) groups is 1. The molecule has 5 heteroatoms. The van der Waals surface area contributed by atoms with Gasteiger partial charge in [-0.1, -0.05) is 24.3 Å². The van der Waals surface area contributed by atoms with Crippen LogP contribution >= 0.6 is 11.3 Å². The number of benzene rings is 1. The van der Waals surface area contributed by atoms with Gasteiger partial charge in [0.1, 0.15) is 5.75 Å². The minimum absolute atomic E-state index is 0.0688. The van der Waals surface area contributed by atoms with E-state index in [1.54, 1.807) is 18.4 Å². The normalized spacial score (nSPS) is 12.2. The first-order valence-corrected chi connectivity index (χ1v) is 8.58. The van der Waals surface area contributed by atoms with Crippen LogP contribution in [0.2, 0.25) is 0 Å². The lowest BCUT2D eigenvalue weighted by molar-refractivity contribution is -0.121. The van der Waals surface area contributed by atoms with Crippen molar-refractivity contribution in [3.05, 3.63) is 52.2 Å². The highest BCUT2D eigenvalue weighted by Gasteiger charge is 2.16. The molecule has 0 saturated heterocycles. The molecule has 0 aliphatic carbocycles. The summed E-state index contributed by atoms with van der Waals surface area (Å²) in [6.45, 7) is 0.623. The van der Waals surface area contributed by atoms with Crippen molar-refractivity contribution >= 4 is 17.2 Å². The first-order valence-electron chi connectivity index (χ1n) is 7.70. The summed E-state index contributed by atoms with van der Waals surface area (Å²) in [4.78, 5) is 15.5. The van der Waals surface area contributed by atoms with Crippen molar-refractivity contribution in [2.24, 2.45) is 0 Å². The van der Waals surface area contributed by atoms with Crippen molar-refractivity contribution in [3.63, 3.8) is 0 Å². The monoisotopic (exact) mass is 332 g/mol. The SMILES string of the molecule is COc1ccccc1CCC(=O)NCC(c1cccs1)N(C)C. The molecule has 1 aromatic carbocycles. The van der Waals surface area contributed by atoms with Gasteiger partial charge in [-0.3, -0.25) is 4.79 Å². The van der Waals surface area contributed by atoms with Crippen molar-refractivity contribution in [1.82, 2.24) is 10.2 Å². The van der Waals surface area contributed by atoms with E-state index in [0.29, 0.717) is 19.4 Å². The second-order valence-electron chi connectivity index (χ2n) is 5.61. The zero-order valence-electron chi connectivity index (χ0n) is 13.9. The molecule has 1 heterocycles. The maximum atomic E-state index is 12.1. The minimum Gasteiger partial charge on any atom is -0.496 e. The van der Waals surface area contributed by atoms with E-state index >= 15 is 0 Å². The van der Waals surface area contributed by atoms with Crippen LogP contribution in [0.25, 0.3) is 0 Å². The molecule has 0 saturated carbocycles. The number of methoxy groups -OCH3 is 1. The first-order chi connectivity index (χ1) is 11.1. The lowest BCUT2D eigenvalue weighted by atomic mass is 10.1. The Morgan fingerprint density at radius 2 is 2.04 bits per heavy atom. The zero-order chi connectivity index (χ0) is 16.7. The third-order valence-electron chi connectivity index (χ3n) is 3.80. The van der Waals surface area contributed by atoms with E-state index in [0.717, 1.165) is 11.3 Å². The van der Waals surface area contributed by atoms with Crippen LogP contribution in [0, 0.1) is 0 Å². The Kier molecular flexibility index (Phi) is 6.62. The number of ether oxygens (including phenoxy) is 1. The number of amides is 1. The first kappa shape index (κ1) is 17.5. The Hall–Kier alpha value is -1.85. The Bertz CT molecular complexity index is 611. The maximum Gasteiger partial charge on any atom is 0.220 e. The molecule has 0 spiro atoms. The molecule has 2 aromatic rings. The molecule has 1 aromatic heterocycles. The Morgan fingerprint density at radius 1 is 1.26 bits per heavy atom. The number of nitrogens with one attached hydrogen (secondary N) is 1. The van der Waals surface area contributed by atoms with Crippen LogP contribution in [0.1, 0.15) is 22.9 Å². The number of para-hydroxylation sites is 1. The van der Waals surface area contributed by atoms with E-state index in [-0.39, 0.29) is 11.9 Å². The number of rotatable bonds is 8. The van der Waals surface area contributed by atoms with Gasteiger partial charge in [-0.15, -0.1) is 11.3 Å². The molecule has 1 amide bonds. The number of thiophene rings is 1. The van der Waals surface area contributed by atoms with Gasteiger partial charge in [0.15, 0.2) is 0 Å². The molecule has 0 aliphatic heterocycles. The quantitative estimate of drug-likeness (QED) is 0.807. The third-order valence-corrected chi connectivity index (χ3v) is 4.77. The van der Waals surface area contributed by atoms with E-state index in [2.05, 4.69) is 21.7 Å². The summed E-state index contributed by atoms with van der Waals surface area (Å²) in [6.07, 6.45) is 1.15. The van der Waals surface area contributed by atoms with Crippen molar-refractivity contribution in [3.8, 4) is 5.75 Å². The molecule has 0 fully saturated rings. The topological polar surface area (TPSA) is 41.6 Å². The van der Waals surface area contributed by atoms with Gasteiger partial charge in [-0.2, -0.15) is 0 Å². The number of carbonyl (C=O) groups excluding carboxylic acids is 1. The van der Waals surface area contributed by atoms with Crippen molar-refractivity contribution < 1.29 is 9.53 Å². The van der Waals surface area contributed by atoms with E-state index in [9.17, 15) is 4.79 Å². The molecule has 4 nitrogen and oxygen atoms in total. The summed E-state index contributed by atoms with van der Waals surface area (Å²) in [6, 6.07) is 12.2. The van der Waals surface area contributed by atoms with Crippen LogP contribution in [0.15, 0.2) is 41.8 Å². The van der Waals surface area contributed by atoms with Crippen LogP contribution in [0.4, 0.5) is 0 Å². The summed E-state index contributed by atoms with van der Waals surface area (Å²) in [5.74, 6) is 0.907. The van der Waals surface area contributed by atoms with Crippen molar-refractivity contribution in [1.29, 1.82) is 0 Å². The lowest BCUT2D eigenvalue weighted by Crippen LogP contribution is -2.34. The van der Waals surface area contributed by atoms with Gasteiger partial charge in [0.05, 0.1) is 13.2 Å². The Labute approximate surface area is 142 Å². The van der Waals surface area contributed by atoms with Gasteiger partial charge in [-0.25, -0.2) is 0 Å². The number of aryl methyl sites for hydroxylation is 1. The minimum atomic E-state index is 0.0688. The molecule has 1 N–H and O–H groups in total. The van der Waals surface area contributed by atoms with Gasteiger partial charge in [0, 0.05) is 17.8 Å². The molecule has 2 rings (SSSR count). The molecule has 0 bridgehead atoms. The summed E-state index contributed by atoms with van der Waals surface area (Å²) in [5.41, 5.74) is 1.06. The summed E-state index contributed by atoms with van der Waals surface area (Å²) >= 11 is 1.72. The molecular weight excluding hydrogens is 308 g/mol. The van der Waals surface area contributed by atoms with Crippen LogP contribution < -0.4 is 10.1 Å². The lowest BCUT2D eigenvalue weighted by Gasteiger charge is -2.23. The van der Waals surface area contributed by atoms with Gasteiger partial charge < -0.3 is 15.0 Å².